The molecule has 168 valence electrons. The summed E-state index contributed by atoms with van der Waals surface area (Å²) in [5.41, 5.74) is 0.454. The fourth-order valence-electron chi connectivity index (χ4n) is 5.06. The minimum Gasteiger partial charge on any atom is -0.351 e. The van der Waals surface area contributed by atoms with E-state index in [2.05, 4.69) is 27.5 Å². The van der Waals surface area contributed by atoms with Crippen molar-refractivity contribution in [2.24, 2.45) is 0 Å². The van der Waals surface area contributed by atoms with Crippen molar-refractivity contribution >= 4 is 17.8 Å². The number of benzene rings is 1. The second-order valence-corrected chi connectivity index (χ2v) is 8.85. The molecule has 0 aliphatic carbocycles. The van der Waals surface area contributed by atoms with Crippen LogP contribution < -0.4 is 5.32 Å². The van der Waals surface area contributed by atoms with E-state index in [0.717, 1.165) is 19.6 Å². The topological polar surface area (TPSA) is 99.0 Å². The number of carbonyl (C=O) groups excluding carboxylic acids is 3. The first kappa shape index (κ1) is 20.7. The van der Waals surface area contributed by atoms with Crippen LogP contribution in [0.2, 0.25) is 0 Å². The Morgan fingerprint density at radius 1 is 1.06 bits per heavy atom. The highest BCUT2D eigenvalue weighted by molar-refractivity contribution is 6.07. The summed E-state index contributed by atoms with van der Waals surface area (Å²) >= 11 is 0. The van der Waals surface area contributed by atoms with Gasteiger partial charge in [0.05, 0.1) is 6.20 Å². The highest BCUT2D eigenvalue weighted by Gasteiger charge is 2.54. The molecule has 9 nitrogen and oxygen atoms in total. The number of nitrogens with zero attached hydrogens (tertiary/aromatic N) is 4. The first-order chi connectivity index (χ1) is 15.6. The number of rotatable bonds is 4. The maximum atomic E-state index is 13.4. The van der Waals surface area contributed by atoms with Crippen LogP contribution >= 0.6 is 0 Å². The number of urea groups is 1. The predicted molar refractivity (Wildman–Crippen MR) is 114 cm³/mol. The van der Waals surface area contributed by atoms with Gasteiger partial charge in [0.2, 0.25) is 5.76 Å². The molecular weight excluding hydrogens is 410 g/mol. The third kappa shape index (κ3) is 3.77. The van der Waals surface area contributed by atoms with E-state index in [1.54, 1.807) is 11.0 Å². The van der Waals surface area contributed by atoms with Gasteiger partial charge in [-0.2, -0.15) is 0 Å². The Morgan fingerprint density at radius 2 is 1.78 bits per heavy atom. The van der Waals surface area contributed by atoms with Crippen molar-refractivity contribution in [3.05, 3.63) is 53.9 Å². The molecule has 0 bridgehead atoms. The van der Waals surface area contributed by atoms with Crippen molar-refractivity contribution < 1.29 is 18.9 Å². The Kier molecular flexibility index (Phi) is 5.42. The third-order valence-corrected chi connectivity index (χ3v) is 6.92. The zero-order chi connectivity index (χ0) is 22.1. The van der Waals surface area contributed by atoms with Crippen LogP contribution in [0, 0.1) is 0 Å². The Labute approximate surface area is 186 Å². The largest absolute Gasteiger partial charge is 0.351 e. The summed E-state index contributed by atoms with van der Waals surface area (Å²) in [6, 6.07) is 11.3. The molecule has 3 aliphatic rings. The number of hydrogen-bond acceptors (Lipinski definition) is 6. The molecule has 1 aromatic carbocycles. The van der Waals surface area contributed by atoms with Crippen molar-refractivity contribution in [2.45, 2.75) is 43.8 Å². The van der Waals surface area contributed by atoms with Gasteiger partial charge in [0.15, 0.2) is 0 Å². The lowest BCUT2D eigenvalue weighted by molar-refractivity contribution is -0.135. The average molecular weight is 438 g/mol. The molecule has 9 heteroatoms. The zero-order valence-electron chi connectivity index (χ0n) is 17.9. The van der Waals surface area contributed by atoms with Crippen LogP contribution in [-0.4, -0.2) is 75.5 Å². The zero-order valence-corrected chi connectivity index (χ0v) is 17.9. The van der Waals surface area contributed by atoms with E-state index in [1.165, 1.54) is 16.7 Å². The second-order valence-electron chi connectivity index (χ2n) is 8.85. The molecule has 0 radical (unpaired) electrons. The molecule has 0 saturated carbocycles. The molecule has 3 saturated heterocycles. The molecule has 3 fully saturated rings. The Morgan fingerprint density at radius 3 is 2.44 bits per heavy atom. The molecule has 4 heterocycles. The molecule has 2 aromatic rings. The van der Waals surface area contributed by atoms with Gasteiger partial charge >= 0.3 is 6.03 Å². The number of carbonyl (C=O) groups is 3. The minimum absolute atomic E-state index is 0.109. The van der Waals surface area contributed by atoms with Gasteiger partial charge in [-0.05, 0) is 31.2 Å². The molecule has 0 unspecified atom stereocenters. The lowest BCUT2D eigenvalue weighted by Crippen LogP contribution is -2.55. The van der Waals surface area contributed by atoms with Gasteiger partial charge in [0.25, 0.3) is 11.8 Å². The number of amides is 4. The number of likely N-dealkylation sites (tertiary alicyclic amines) is 2. The lowest BCUT2D eigenvalue weighted by atomic mass is 9.86. The third-order valence-electron chi connectivity index (χ3n) is 6.92. The number of imide groups is 1. The maximum absolute atomic E-state index is 13.4. The molecule has 3 aliphatic heterocycles. The number of nitrogens with one attached hydrogen (secondary N) is 1. The van der Waals surface area contributed by atoms with Crippen molar-refractivity contribution in [3.8, 4) is 0 Å². The molecular formula is C23H27N5O4. The monoisotopic (exact) mass is 437 g/mol. The van der Waals surface area contributed by atoms with Crippen molar-refractivity contribution in [1.29, 1.82) is 0 Å². The standard InChI is InChI=1S/C23H27N5O4/c29-20(19-6-11-24-32-19)27-12-7-18(8-13-27)28-21(30)23(25-22(28)31)9-14-26(15-10-23)16-17-4-2-1-3-5-17/h1-6,11,18H,7-10,12-16H2,(H,25,31). The smallest absolute Gasteiger partial charge is 0.325 e. The van der Waals surface area contributed by atoms with E-state index >= 15 is 0 Å². The summed E-state index contributed by atoms with van der Waals surface area (Å²) in [5.74, 6) is -0.109. The molecule has 1 N–H and O–H groups in total. The summed E-state index contributed by atoms with van der Waals surface area (Å²) in [5, 5.41) is 6.60. The average Bonchev–Trinajstić information content (AvgIpc) is 3.43. The number of hydrogen-bond donors (Lipinski definition) is 1. The second kappa shape index (κ2) is 8.38. The van der Waals surface area contributed by atoms with Crippen LogP contribution in [0.25, 0.3) is 0 Å². The van der Waals surface area contributed by atoms with Gasteiger partial charge in [-0.3, -0.25) is 19.4 Å². The first-order valence-electron chi connectivity index (χ1n) is 11.2. The predicted octanol–water partition coefficient (Wildman–Crippen LogP) is 1.87. The van der Waals surface area contributed by atoms with E-state index in [-0.39, 0.29) is 29.6 Å². The van der Waals surface area contributed by atoms with Crippen LogP contribution in [0.3, 0.4) is 0 Å². The van der Waals surface area contributed by atoms with E-state index in [9.17, 15) is 14.4 Å². The molecule has 1 spiro atoms. The van der Waals surface area contributed by atoms with Gasteiger partial charge in [-0.15, -0.1) is 0 Å². The normalized spacial score (nSPS) is 21.9. The molecule has 5 rings (SSSR count). The van der Waals surface area contributed by atoms with Crippen molar-refractivity contribution in [1.82, 2.24) is 25.2 Å². The summed E-state index contributed by atoms with van der Waals surface area (Å²) in [6.07, 6.45) is 3.80. The van der Waals surface area contributed by atoms with Crippen LogP contribution in [0.5, 0.6) is 0 Å². The van der Waals surface area contributed by atoms with E-state index in [1.807, 2.05) is 18.2 Å². The quantitative estimate of drug-likeness (QED) is 0.733. The van der Waals surface area contributed by atoms with E-state index in [4.69, 9.17) is 4.52 Å². The van der Waals surface area contributed by atoms with Crippen molar-refractivity contribution in [2.75, 3.05) is 26.2 Å². The lowest BCUT2D eigenvalue weighted by Gasteiger charge is -2.38. The Balaban J connectivity index is 1.18. The van der Waals surface area contributed by atoms with Gasteiger partial charge in [0, 0.05) is 44.8 Å². The molecule has 4 amide bonds. The SMILES string of the molecule is O=C(c1ccno1)N1CCC(N2C(=O)NC3(CCN(Cc4ccccc4)CC3)C2=O)CC1. The van der Waals surface area contributed by atoms with Crippen LogP contribution in [-0.2, 0) is 11.3 Å². The summed E-state index contributed by atoms with van der Waals surface area (Å²) in [7, 11) is 0. The summed E-state index contributed by atoms with van der Waals surface area (Å²) < 4.78 is 4.96. The molecule has 1 aromatic heterocycles. The van der Waals surface area contributed by atoms with E-state index < -0.39 is 5.54 Å². The fourth-order valence-corrected chi connectivity index (χ4v) is 5.06. The van der Waals surface area contributed by atoms with Gasteiger partial charge in [-0.25, -0.2) is 4.79 Å². The maximum Gasteiger partial charge on any atom is 0.325 e. The van der Waals surface area contributed by atoms with E-state index in [0.29, 0.717) is 38.8 Å². The van der Waals surface area contributed by atoms with Gasteiger partial charge in [-0.1, -0.05) is 35.5 Å². The van der Waals surface area contributed by atoms with Gasteiger partial charge in [0.1, 0.15) is 5.54 Å². The number of piperidine rings is 2. The molecule has 32 heavy (non-hydrogen) atoms. The van der Waals surface area contributed by atoms with Gasteiger partial charge < -0.3 is 14.7 Å². The number of aromatic nitrogens is 1. The van der Waals surface area contributed by atoms with Crippen LogP contribution in [0.1, 0.15) is 41.8 Å². The Bertz CT molecular complexity index is 977. The minimum atomic E-state index is -0.795. The summed E-state index contributed by atoms with van der Waals surface area (Å²) in [4.78, 5) is 44.1. The highest BCUT2D eigenvalue weighted by Crippen LogP contribution is 2.33. The Hall–Kier alpha value is -3.20. The molecule has 0 atom stereocenters. The van der Waals surface area contributed by atoms with Crippen LogP contribution in [0.15, 0.2) is 47.1 Å². The summed E-state index contributed by atoms with van der Waals surface area (Å²) in [6.45, 7) is 3.32. The fraction of sp³-hybridized carbons (Fsp3) is 0.478. The highest BCUT2D eigenvalue weighted by atomic mass is 16.5. The first-order valence-corrected chi connectivity index (χ1v) is 11.2. The van der Waals surface area contributed by atoms with Crippen molar-refractivity contribution in [3.63, 3.8) is 0 Å². The van der Waals surface area contributed by atoms with Crippen LogP contribution in [0.4, 0.5) is 4.79 Å².